The Morgan fingerprint density at radius 2 is 1.74 bits per heavy atom. The monoisotopic (exact) mass is 370 g/mol. The highest BCUT2D eigenvalue weighted by Crippen LogP contribution is 2.21. The van der Waals surface area contributed by atoms with Gasteiger partial charge in [0, 0.05) is 17.9 Å². The number of carbonyl (C=O) groups excluding carboxylic acids is 1. The molecule has 0 aliphatic rings. The van der Waals surface area contributed by atoms with E-state index in [0.29, 0.717) is 22.7 Å². The van der Waals surface area contributed by atoms with Crippen LogP contribution in [-0.2, 0) is 6.54 Å². The molecule has 1 amide bonds. The third-order valence-corrected chi connectivity index (χ3v) is 4.38. The van der Waals surface area contributed by atoms with E-state index in [1.165, 1.54) is 6.07 Å². The number of carbonyl (C=O) groups is 1. The molecular weight excluding hydrogens is 350 g/mol. The van der Waals surface area contributed by atoms with E-state index in [2.05, 4.69) is 5.32 Å². The molecule has 0 aliphatic carbocycles. The molecule has 1 heterocycles. The number of ether oxygens (including phenoxy) is 1. The van der Waals surface area contributed by atoms with Crippen molar-refractivity contribution in [3.05, 3.63) is 82.7 Å². The van der Waals surface area contributed by atoms with E-state index in [4.69, 9.17) is 4.74 Å². The standard InChI is InChI=1S/C21H20F2N2O2/c1-13-10-14(2)25(12-15-4-9-18(22)19(23)11-15)20(13)21(26)24-16-5-7-17(27-3)8-6-16/h4-11H,12H2,1-3H3,(H,24,26). The second-order valence-corrected chi connectivity index (χ2v) is 6.33. The highest BCUT2D eigenvalue weighted by atomic mass is 19.2. The van der Waals surface area contributed by atoms with Crippen LogP contribution in [0, 0.1) is 25.5 Å². The van der Waals surface area contributed by atoms with Gasteiger partial charge in [0.05, 0.1) is 7.11 Å². The van der Waals surface area contributed by atoms with Crippen molar-refractivity contribution in [3.8, 4) is 5.75 Å². The molecule has 0 unspecified atom stereocenters. The Hall–Kier alpha value is -3.15. The highest BCUT2D eigenvalue weighted by Gasteiger charge is 2.18. The van der Waals surface area contributed by atoms with Crippen LogP contribution in [0.5, 0.6) is 5.75 Å². The van der Waals surface area contributed by atoms with Crippen molar-refractivity contribution in [1.29, 1.82) is 0 Å². The zero-order valence-electron chi connectivity index (χ0n) is 15.3. The number of hydrogen-bond acceptors (Lipinski definition) is 2. The minimum atomic E-state index is -0.904. The van der Waals surface area contributed by atoms with Gasteiger partial charge in [-0.2, -0.15) is 0 Å². The van der Waals surface area contributed by atoms with Crippen molar-refractivity contribution in [2.75, 3.05) is 12.4 Å². The van der Waals surface area contributed by atoms with Gasteiger partial charge in [-0.05, 0) is 67.4 Å². The molecule has 4 nitrogen and oxygen atoms in total. The Bertz CT molecular complexity index is 979. The molecule has 3 rings (SSSR count). The van der Waals surface area contributed by atoms with Crippen LogP contribution in [0.2, 0.25) is 0 Å². The summed E-state index contributed by atoms with van der Waals surface area (Å²) in [6.07, 6.45) is 0. The summed E-state index contributed by atoms with van der Waals surface area (Å²) in [5.74, 6) is -1.37. The fourth-order valence-electron chi connectivity index (χ4n) is 3.04. The maximum Gasteiger partial charge on any atom is 0.272 e. The Kier molecular flexibility index (Phi) is 5.26. The number of halogens is 2. The van der Waals surface area contributed by atoms with Gasteiger partial charge in [-0.25, -0.2) is 8.78 Å². The molecular formula is C21H20F2N2O2. The Morgan fingerprint density at radius 1 is 1.04 bits per heavy atom. The molecule has 3 aromatic rings. The van der Waals surface area contributed by atoms with Crippen molar-refractivity contribution in [2.24, 2.45) is 0 Å². The van der Waals surface area contributed by atoms with Gasteiger partial charge in [-0.1, -0.05) is 6.07 Å². The Morgan fingerprint density at radius 3 is 2.37 bits per heavy atom. The molecule has 2 aromatic carbocycles. The lowest BCUT2D eigenvalue weighted by Gasteiger charge is -2.13. The lowest BCUT2D eigenvalue weighted by Crippen LogP contribution is -2.19. The number of rotatable bonds is 5. The average molecular weight is 370 g/mol. The number of benzene rings is 2. The summed E-state index contributed by atoms with van der Waals surface area (Å²) >= 11 is 0. The SMILES string of the molecule is COc1ccc(NC(=O)c2c(C)cc(C)n2Cc2ccc(F)c(F)c2)cc1. The molecule has 6 heteroatoms. The summed E-state index contributed by atoms with van der Waals surface area (Å²) < 4.78 is 33.6. The van der Waals surface area contributed by atoms with Crippen molar-refractivity contribution >= 4 is 11.6 Å². The first kappa shape index (κ1) is 18.6. The third-order valence-electron chi connectivity index (χ3n) is 4.38. The molecule has 0 radical (unpaired) electrons. The summed E-state index contributed by atoms with van der Waals surface area (Å²) in [4.78, 5) is 12.8. The van der Waals surface area contributed by atoms with Crippen LogP contribution in [0.4, 0.5) is 14.5 Å². The van der Waals surface area contributed by atoms with Gasteiger partial charge < -0.3 is 14.6 Å². The number of nitrogens with one attached hydrogen (secondary N) is 1. The van der Waals surface area contributed by atoms with Gasteiger partial charge in [-0.3, -0.25) is 4.79 Å². The first-order valence-corrected chi connectivity index (χ1v) is 8.45. The van der Waals surface area contributed by atoms with Crippen LogP contribution in [0.3, 0.4) is 0 Å². The minimum Gasteiger partial charge on any atom is -0.497 e. The van der Waals surface area contributed by atoms with Crippen molar-refractivity contribution < 1.29 is 18.3 Å². The molecule has 0 spiro atoms. The van der Waals surface area contributed by atoms with Crippen LogP contribution >= 0.6 is 0 Å². The van der Waals surface area contributed by atoms with E-state index < -0.39 is 11.6 Å². The number of aryl methyl sites for hydroxylation is 2. The van der Waals surface area contributed by atoms with Gasteiger partial charge in [0.1, 0.15) is 11.4 Å². The topological polar surface area (TPSA) is 43.3 Å². The number of amides is 1. The van der Waals surface area contributed by atoms with Gasteiger partial charge in [-0.15, -0.1) is 0 Å². The molecule has 0 saturated carbocycles. The van der Waals surface area contributed by atoms with Gasteiger partial charge in [0.15, 0.2) is 11.6 Å². The first-order valence-electron chi connectivity index (χ1n) is 8.45. The molecule has 0 atom stereocenters. The van der Waals surface area contributed by atoms with Crippen LogP contribution < -0.4 is 10.1 Å². The van der Waals surface area contributed by atoms with Crippen LogP contribution in [0.25, 0.3) is 0 Å². The fourth-order valence-corrected chi connectivity index (χ4v) is 3.04. The predicted molar refractivity (Wildman–Crippen MR) is 100 cm³/mol. The normalized spacial score (nSPS) is 10.7. The molecule has 0 bridgehead atoms. The Labute approximate surface area is 156 Å². The lowest BCUT2D eigenvalue weighted by molar-refractivity contribution is 0.101. The van der Waals surface area contributed by atoms with E-state index in [1.807, 2.05) is 19.9 Å². The van der Waals surface area contributed by atoms with E-state index in [-0.39, 0.29) is 12.5 Å². The molecule has 0 fully saturated rings. The number of hydrogen-bond donors (Lipinski definition) is 1. The number of methoxy groups -OCH3 is 1. The van der Waals surface area contributed by atoms with Crippen molar-refractivity contribution in [2.45, 2.75) is 20.4 Å². The Balaban J connectivity index is 1.88. The lowest BCUT2D eigenvalue weighted by atomic mass is 10.2. The van der Waals surface area contributed by atoms with E-state index in [0.717, 1.165) is 23.4 Å². The molecule has 0 aliphatic heterocycles. The molecule has 1 aromatic heterocycles. The predicted octanol–water partition coefficient (Wildman–Crippen LogP) is 4.69. The fraction of sp³-hybridized carbons (Fsp3) is 0.190. The zero-order chi connectivity index (χ0) is 19.6. The minimum absolute atomic E-state index is 0.266. The number of anilines is 1. The van der Waals surface area contributed by atoms with Gasteiger partial charge in [0.2, 0.25) is 0 Å². The van der Waals surface area contributed by atoms with E-state index in [9.17, 15) is 13.6 Å². The van der Waals surface area contributed by atoms with E-state index in [1.54, 1.807) is 35.9 Å². The van der Waals surface area contributed by atoms with E-state index >= 15 is 0 Å². The summed E-state index contributed by atoms with van der Waals surface area (Å²) in [6.45, 7) is 3.98. The molecule has 1 N–H and O–H groups in total. The maximum atomic E-state index is 13.5. The van der Waals surface area contributed by atoms with Gasteiger partial charge in [0.25, 0.3) is 5.91 Å². The highest BCUT2D eigenvalue weighted by molar-refractivity contribution is 6.04. The molecule has 140 valence electrons. The summed E-state index contributed by atoms with van der Waals surface area (Å²) in [6, 6.07) is 12.7. The quantitative estimate of drug-likeness (QED) is 0.708. The van der Waals surface area contributed by atoms with Crippen molar-refractivity contribution in [1.82, 2.24) is 4.57 Å². The number of nitrogens with zero attached hydrogens (tertiary/aromatic N) is 1. The third kappa shape index (κ3) is 4.00. The van der Waals surface area contributed by atoms with Crippen LogP contribution in [-0.4, -0.2) is 17.6 Å². The maximum absolute atomic E-state index is 13.5. The summed E-state index contributed by atoms with van der Waals surface area (Å²) in [7, 11) is 1.57. The van der Waals surface area contributed by atoms with Crippen molar-refractivity contribution in [3.63, 3.8) is 0 Å². The zero-order valence-corrected chi connectivity index (χ0v) is 15.3. The largest absolute Gasteiger partial charge is 0.497 e. The van der Waals surface area contributed by atoms with Gasteiger partial charge >= 0.3 is 0 Å². The molecule has 0 saturated heterocycles. The number of aromatic nitrogens is 1. The smallest absolute Gasteiger partial charge is 0.272 e. The second kappa shape index (κ2) is 7.61. The molecule has 27 heavy (non-hydrogen) atoms. The second-order valence-electron chi connectivity index (χ2n) is 6.33. The average Bonchev–Trinajstić information content (AvgIpc) is 2.92. The first-order chi connectivity index (χ1) is 12.9. The summed E-state index contributed by atoms with van der Waals surface area (Å²) in [5, 5.41) is 2.86. The van der Waals surface area contributed by atoms with Crippen LogP contribution in [0.15, 0.2) is 48.5 Å². The van der Waals surface area contributed by atoms with Crippen LogP contribution in [0.1, 0.15) is 27.3 Å². The summed E-state index contributed by atoms with van der Waals surface area (Å²) in [5.41, 5.74) is 3.36.